The van der Waals surface area contributed by atoms with Crippen LogP contribution in [0.5, 0.6) is 0 Å². The first-order chi connectivity index (χ1) is 14.0. The van der Waals surface area contributed by atoms with Crippen molar-refractivity contribution in [1.29, 1.82) is 0 Å². The van der Waals surface area contributed by atoms with E-state index in [-0.39, 0.29) is 0 Å². The van der Waals surface area contributed by atoms with Crippen LogP contribution in [0.25, 0.3) is 0 Å². The third-order valence-corrected chi connectivity index (χ3v) is 7.71. The number of aromatic nitrogens is 2. The van der Waals surface area contributed by atoms with Crippen LogP contribution in [0.2, 0.25) is 0 Å². The summed E-state index contributed by atoms with van der Waals surface area (Å²) in [5, 5.41) is 0. The van der Waals surface area contributed by atoms with E-state index >= 15 is 0 Å². The highest BCUT2D eigenvalue weighted by Gasteiger charge is 2.49. The number of carbonyl (C=O) groups excluding carboxylic acids is 1. The molecular formula is C23H35N5O. The molecule has 3 aliphatic heterocycles. The van der Waals surface area contributed by atoms with Gasteiger partial charge in [-0.15, -0.1) is 0 Å². The minimum Gasteiger partial charge on any atom is -0.340 e. The van der Waals surface area contributed by atoms with Crippen molar-refractivity contribution in [2.75, 3.05) is 38.6 Å². The molecule has 0 radical (unpaired) electrons. The fourth-order valence-electron chi connectivity index (χ4n) is 6.45. The Bertz CT molecular complexity index is 794. The number of nitrogens with zero attached hydrogens (tertiary/aromatic N) is 5. The Labute approximate surface area is 174 Å². The monoisotopic (exact) mass is 397 g/mol. The van der Waals surface area contributed by atoms with Crippen LogP contribution >= 0.6 is 0 Å². The minimum atomic E-state index is 0.320. The average Bonchev–Trinajstić information content (AvgIpc) is 2.71. The lowest BCUT2D eigenvalue weighted by Crippen LogP contribution is -2.67. The average molecular weight is 398 g/mol. The zero-order valence-corrected chi connectivity index (χ0v) is 18.2. The molecule has 4 atom stereocenters. The smallest absolute Gasteiger partial charge is 0.225 e. The van der Waals surface area contributed by atoms with Crippen LogP contribution in [0.15, 0.2) is 0 Å². The Hall–Kier alpha value is -1.69. The number of fused-ring (bicyclic) bond motifs is 5. The lowest BCUT2D eigenvalue weighted by molar-refractivity contribution is -0.149. The van der Waals surface area contributed by atoms with Crippen molar-refractivity contribution in [2.24, 2.45) is 11.8 Å². The van der Waals surface area contributed by atoms with Gasteiger partial charge >= 0.3 is 0 Å². The summed E-state index contributed by atoms with van der Waals surface area (Å²) < 4.78 is 0. The molecule has 0 N–H and O–H groups in total. The summed E-state index contributed by atoms with van der Waals surface area (Å²) in [5.74, 6) is 2.39. The van der Waals surface area contributed by atoms with Gasteiger partial charge in [-0.3, -0.25) is 4.79 Å². The zero-order valence-electron chi connectivity index (χ0n) is 18.2. The van der Waals surface area contributed by atoms with Crippen molar-refractivity contribution in [3.05, 3.63) is 17.0 Å². The number of hydrogen-bond acceptors (Lipinski definition) is 5. The highest BCUT2D eigenvalue weighted by Crippen LogP contribution is 2.42. The Morgan fingerprint density at radius 3 is 2.66 bits per heavy atom. The van der Waals surface area contributed by atoms with Gasteiger partial charge in [0.2, 0.25) is 11.9 Å². The summed E-state index contributed by atoms with van der Waals surface area (Å²) in [6.07, 6.45) is 8.93. The number of aryl methyl sites for hydroxylation is 2. The number of likely N-dealkylation sites (N-methyl/N-ethyl adjacent to an activating group) is 1. The van der Waals surface area contributed by atoms with Gasteiger partial charge in [0.15, 0.2) is 0 Å². The molecule has 0 saturated carbocycles. The molecule has 3 fully saturated rings. The highest BCUT2D eigenvalue weighted by molar-refractivity contribution is 5.78. The van der Waals surface area contributed by atoms with Crippen molar-refractivity contribution in [3.8, 4) is 0 Å². The Kier molecular flexibility index (Phi) is 5.01. The molecule has 0 spiro atoms. The quantitative estimate of drug-likeness (QED) is 0.784. The lowest BCUT2D eigenvalue weighted by Gasteiger charge is -2.57. The molecular weight excluding hydrogens is 362 g/mol. The van der Waals surface area contributed by atoms with E-state index in [1.54, 1.807) is 0 Å². The SMILES string of the molecule is Cc1nc(N2C[C@H]3C[C@@H](C2)[C@H](CN(C)C)N2C(=O)CCC[C@@H]32)nc2c1CCCC2. The van der Waals surface area contributed by atoms with Gasteiger partial charge in [-0.05, 0) is 83.4 Å². The Balaban J connectivity index is 1.46. The van der Waals surface area contributed by atoms with Crippen LogP contribution < -0.4 is 4.90 Å². The molecule has 1 aromatic heterocycles. The predicted octanol–water partition coefficient (Wildman–Crippen LogP) is 2.43. The number of amides is 1. The first-order valence-electron chi connectivity index (χ1n) is 11.6. The molecule has 2 bridgehead atoms. The van der Waals surface area contributed by atoms with Crippen LogP contribution in [0, 0.1) is 18.8 Å². The van der Waals surface area contributed by atoms with E-state index in [0.29, 0.717) is 29.8 Å². The summed E-state index contributed by atoms with van der Waals surface area (Å²) in [7, 11) is 4.26. The Morgan fingerprint density at radius 2 is 1.83 bits per heavy atom. The third-order valence-electron chi connectivity index (χ3n) is 7.71. The van der Waals surface area contributed by atoms with E-state index in [4.69, 9.17) is 9.97 Å². The minimum absolute atomic E-state index is 0.320. The first kappa shape index (κ1) is 19.3. The van der Waals surface area contributed by atoms with Gasteiger partial charge in [0.25, 0.3) is 0 Å². The Morgan fingerprint density at radius 1 is 1.03 bits per heavy atom. The maximum absolute atomic E-state index is 12.9. The molecule has 6 nitrogen and oxygen atoms in total. The molecule has 1 amide bonds. The van der Waals surface area contributed by atoms with Crippen LogP contribution in [0.1, 0.15) is 55.5 Å². The summed E-state index contributed by atoms with van der Waals surface area (Å²) in [5.41, 5.74) is 3.86. The second-order valence-corrected chi connectivity index (χ2v) is 9.99. The number of anilines is 1. The molecule has 4 heterocycles. The molecule has 5 rings (SSSR count). The van der Waals surface area contributed by atoms with Crippen molar-refractivity contribution in [3.63, 3.8) is 0 Å². The van der Waals surface area contributed by atoms with E-state index in [2.05, 4.69) is 35.7 Å². The highest BCUT2D eigenvalue weighted by atomic mass is 16.2. The molecule has 29 heavy (non-hydrogen) atoms. The van der Waals surface area contributed by atoms with Crippen LogP contribution in [-0.4, -0.2) is 71.5 Å². The summed E-state index contributed by atoms with van der Waals surface area (Å²) in [4.78, 5) is 29.9. The fourth-order valence-corrected chi connectivity index (χ4v) is 6.45. The number of piperidine rings is 3. The molecule has 1 aliphatic carbocycles. The van der Waals surface area contributed by atoms with E-state index in [1.165, 1.54) is 36.2 Å². The second kappa shape index (κ2) is 7.53. The van der Waals surface area contributed by atoms with Crippen LogP contribution in [0.3, 0.4) is 0 Å². The molecule has 6 heteroatoms. The van der Waals surface area contributed by atoms with Crippen molar-refractivity contribution in [1.82, 2.24) is 19.8 Å². The van der Waals surface area contributed by atoms with Crippen LogP contribution in [-0.2, 0) is 17.6 Å². The molecule has 3 saturated heterocycles. The van der Waals surface area contributed by atoms with E-state index in [0.717, 1.165) is 57.7 Å². The lowest BCUT2D eigenvalue weighted by atomic mass is 9.72. The van der Waals surface area contributed by atoms with Gasteiger partial charge in [0.1, 0.15) is 0 Å². The summed E-state index contributed by atoms with van der Waals surface area (Å²) >= 11 is 0. The molecule has 0 unspecified atom stereocenters. The largest absolute Gasteiger partial charge is 0.340 e. The fraction of sp³-hybridized carbons (Fsp3) is 0.783. The van der Waals surface area contributed by atoms with Gasteiger partial charge in [0.05, 0.1) is 0 Å². The number of carbonyl (C=O) groups is 1. The van der Waals surface area contributed by atoms with Gasteiger partial charge < -0.3 is 14.7 Å². The zero-order chi connectivity index (χ0) is 20.1. The van der Waals surface area contributed by atoms with E-state index in [1.807, 2.05) is 0 Å². The van der Waals surface area contributed by atoms with Gasteiger partial charge in [-0.2, -0.15) is 0 Å². The third kappa shape index (κ3) is 3.43. The van der Waals surface area contributed by atoms with Crippen molar-refractivity contribution in [2.45, 2.75) is 70.4 Å². The normalized spacial score (nSPS) is 31.7. The maximum atomic E-state index is 12.9. The van der Waals surface area contributed by atoms with Gasteiger partial charge in [-0.1, -0.05) is 0 Å². The molecule has 158 valence electrons. The van der Waals surface area contributed by atoms with Gasteiger partial charge in [0, 0.05) is 49.5 Å². The van der Waals surface area contributed by atoms with Crippen molar-refractivity contribution >= 4 is 11.9 Å². The number of hydrogen-bond donors (Lipinski definition) is 0. The van der Waals surface area contributed by atoms with Gasteiger partial charge in [-0.25, -0.2) is 9.97 Å². The van der Waals surface area contributed by atoms with E-state index in [9.17, 15) is 4.79 Å². The predicted molar refractivity (Wildman–Crippen MR) is 114 cm³/mol. The standard InChI is InChI=1S/C23H35N5O/c1-15-18-7-4-5-8-19(18)25-23(24-15)27-12-16-11-17(13-27)21(14-26(2)3)28-20(16)9-6-10-22(28)29/h16-17,20-21H,4-14H2,1-3H3/t16-,17+,20+,21+/m1/s1. The second-order valence-electron chi connectivity index (χ2n) is 9.99. The van der Waals surface area contributed by atoms with Crippen LogP contribution in [0.4, 0.5) is 5.95 Å². The molecule has 1 aromatic rings. The number of rotatable bonds is 3. The van der Waals surface area contributed by atoms with Crippen molar-refractivity contribution < 1.29 is 4.79 Å². The molecule has 0 aromatic carbocycles. The molecule has 4 aliphatic rings. The van der Waals surface area contributed by atoms with E-state index < -0.39 is 0 Å². The summed E-state index contributed by atoms with van der Waals surface area (Å²) in [6, 6.07) is 0.722. The first-order valence-corrected chi connectivity index (χ1v) is 11.6. The summed E-state index contributed by atoms with van der Waals surface area (Å²) in [6.45, 7) is 5.09. The topological polar surface area (TPSA) is 52.6 Å². The maximum Gasteiger partial charge on any atom is 0.225 e.